The van der Waals surface area contributed by atoms with Gasteiger partial charge in [-0.2, -0.15) is 14.7 Å². The lowest BCUT2D eigenvalue weighted by molar-refractivity contribution is -0.142. The summed E-state index contributed by atoms with van der Waals surface area (Å²) in [6.45, 7) is 0. The molecule has 9 nitrogen and oxygen atoms in total. The highest BCUT2D eigenvalue weighted by molar-refractivity contribution is 9.10. The normalized spacial score (nSPS) is 18.8. The zero-order chi connectivity index (χ0) is 22.4. The second kappa shape index (κ2) is 8.01. The number of anilines is 1. The van der Waals surface area contributed by atoms with E-state index in [-0.39, 0.29) is 11.8 Å². The quantitative estimate of drug-likeness (QED) is 0.439. The third kappa shape index (κ3) is 3.54. The molecule has 1 fully saturated rings. The Morgan fingerprint density at radius 2 is 1.91 bits per heavy atom. The predicted octanol–water partition coefficient (Wildman–Crippen LogP) is 3.89. The molecule has 164 valence electrons. The number of rotatable bonds is 4. The first-order valence-electron chi connectivity index (χ1n) is 10.4. The average molecular weight is 496 g/mol. The van der Waals surface area contributed by atoms with Gasteiger partial charge < -0.3 is 10.8 Å². The molecule has 0 bridgehead atoms. The van der Waals surface area contributed by atoms with E-state index in [0.717, 1.165) is 45.4 Å². The van der Waals surface area contributed by atoms with Crippen LogP contribution in [0, 0.1) is 5.92 Å². The highest BCUT2D eigenvalue weighted by Crippen LogP contribution is 2.40. The average Bonchev–Trinajstić information content (AvgIpc) is 3.43. The number of carboxylic acids is 1. The third-order valence-electron chi connectivity index (χ3n) is 6.19. The van der Waals surface area contributed by atoms with Gasteiger partial charge >= 0.3 is 5.97 Å². The molecule has 3 N–H and O–H groups in total. The maximum atomic E-state index is 11.3. The van der Waals surface area contributed by atoms with Gasteiger partial charge in [0.15, 0.2) is 5.65 Å². The molecular weight excluding hydrogens is 474 g/mol. The van der Waals surface area contributed by atoms with Crippen molar-refractivity contribution in [1.82, 2.24) is 29.4 Å². The lowest BCUT2D eigenvalue weighted by Crippen LogP contribution is -2.21. The molecule has 0 unspecified atom stereocenters. The highest BCUT2D eigenvalue weighted by atomic mass is 79.9. The summed E-state index contributed by atoms with van der Waals surface area (Å²) in [5.41, 5.74) is 11.4. The van der Waals surface area contributed by atoms with Gasteiger partial charge in [0.1, 0.15) is 5.82 Å². The summed E-state index contributed by atoms with van der Waals surface area (Å²) in [6, 6.07) is 3.94. The van der Waals surface area contributed by atoms with Crippen LogP contribution in [0.5, 0.6) is 0 Å². The molecule has 1 saturated carbocycles. The molecule has 0 aliphatic heterocycles. The SMILES string of the molecule is Cn1cc(-c2ccc(-c3cnn4c(N)c(Br)c([C@H]5CC[C@H](C(=O)O)CC5)nc34)cn2)cn1. The summed E-state index contributed by atoms with van der Waals surface area (Å²) in [4.78, 5) is 20.8. The fraction of sp³-hybridized carbons (Fsp3) is 0.318. The van der Waals surface area contributed by atoms with Crippen LogP contribution in [0.1, 0.15) is 37.3 Å². The van der Waals surface area contributed by atoms with Crippen molar-refractivity contribution in [3.8, 4) is 22.4 Å². The van der Waals surface area contributed by atoms with Crippen molar-refractivity contribution >= 4 is 33.4 Å². The van der Waals surface area contributed by atoms with E-state index in [1.54, 1.807) is 27.8 Å². The van der Waals surface area contributed by atoms with E-state index in [0.29, 0.717) is 24.3 Å². The summed E-state index contributed by atoms with van der Waals surface area (Å²) in [6.07, 6.45) is 10.1. The van der Waals surface area contributed by atoms with Gasteiger partial charge in [-0.15, -0.1) is 0 Å². The number of aryl methyl sites for hydroxylation is 1. The zero-order valence-corrected chi connectivity index (χ0v) is 19.0. The maximum absolute atomic E-state index is 11.3. The minimum atomic E-state index is -0.717. The Labute approximate surface area is 192 Å². The Morgan fingerprint density at radius 1 is 1.12 bits per heavy atom. The Kier molecular flexibility index (Phi) is 5.16. The number of pyridine rings is 1. The molecule has 32 heavy (non-hydrogen) atoms. The van der Waals surface area contributed by atoms with Crippen molar-refractivity contribution in [2.24, 2.45) is 13.0 Å². The number of hydrogen-bond donors (Lipinski definition) is 2. The van der Waals surface area contributed by atoms with Crippen LogP contribution in [0.3, 0.4) is 0 Å². The van der Waals surface area contributed by atoms with Gasteiger partial charge in [-0.1, -0.05) is 6.07 Å². The van der Waals surface area contributed by atoms with Crippen LogP contribution in [0.2, 0.25) is 0 Å². The lowest BCUT2D eigenvalue weighted by Gasteiger charge is -2.26. The van der Waals surface area contributed by atoms with Gasteiger partial charge in [-0.25, -0.2) is 4.98 Å². The summed E-state index contributed by atoms with van der Waals surface area (Å²) in [7, 11) is 1.87. The number of nitrogen functional groups attached to an aromatic ring is 1. The van der Waals surface area contributed by atoms with Crippen LogP contribution < -0.4 is 5.73 Å². The first kappa shape index (κ1) is 20.6. The van der Waals surface area contributed by atoms with Gasteiger partial charge in [-0.05, 0) is 47.7 Å². The van der Waals surface area contributed by atoms with E-state index in [1.807, 2.05) is 25.4 Å². The first-order chi connectivity index (χ1) is 15.4. The number of aliphatic carboxylic acids is 1. The Balaban J connectivity index is 1.51. The molecule has 10 heteroatoms. The predicted molar refractivity (Wildman–Crippen MR) is 123 cm³/mol. The minimum Gasteiger partial charge on any atom is -0.481 e. The lowest BCUT2D eigenvalue weighted by atomic mass is 9.80. The fourth-order valence-electron chi connectivity index (χ4n) is 4.38. The van der Waals surface area contributed by atoms with Crippen LogP contribution in [-0.4, -0.2) is 40.4 Å². The van der Waals surface area contributed by atoms with E-state index < -0.39 is 5.97 Å². The summed E-state index contributed by atoms with van der Waals surface area (Å²) < 4.78 is 4.09. The summed E-state index contributed by atoms with van der Waals surface area (Å²) in [5.74, 6) is -0.357. The molecule has 0 saturated heterocycles. The number of carbonyl (C=O) groups is 1. The standard InChI is InChI=1S/C22H22BrN7O2/c1-29-11-15(9-26-29)17-7-6-14(8-25-17)16-10-27-30-20(24)18(23)19(28-21(16)30)12-2-4-13(5-3-12)22(31)32/h6-13H,2-5,24H2,1H3,(H,31,32)/t12-,13-. The van der Waals surface area contributed by atoms with E-state index in [4.69, 9.17) is 10.7 Å². The molecule has 0 amide bonds. The van der Waals surface area contributed by atoms with Crippen LogP contribution in [0.15, 0.2) is 41.4 Å². The van der Waals surface area contributed by atoms with E-state index in [9.17, 15) is 9.90 Å². The molecule has 0 spiro atoms. The molecule has 1 aliphatic rings. The Bertz CT molecular complexity index is 1300. The number of fused-ring (bicyclic) bond motifs is 1. The largest absolute Gasteiger partial charge is 0.481 e. The Hall–Kier alpha value is -3.27. The van der Waals surface area contributed by atoms with Crippen LogP contribution in [0.4, 0.5) is 5.82 Å². The first-order valence-corrected chi connectivity index (χ1v) is 11.2. The molecule has 0 radical (unpaired) electrons. The molecule has 4 aromatic rings. The van der Waals surface area contributed by atoms with Crippen LogP contribution in [-0.2, 0) is 11.8 Å². The number of hydrogen-bond acceptors (Lipinski definition) is 6. The topological polar surface area (TPSA) is 124 Å². The van der Waals surface area contributed by atoms with Gasteiger partial charge in [0.05, 0.1) is 34.2 Å². The summed E-state index contributed by atoms with van der Waals surface area (Å²) in [5, 5.41) is 17.9. The molecule has 4 heterocycles. The molecular formula is C22H22BrN7O2. The molecule has 0 aromatic carbocycles. The van der Waals surface area contributed by atoms with Crippen molar-refractivity contribution in [3.05, 3.63) is 47.1 Å². The highest BCUT2D eigenvalue weighted by Gasteiger charge is 2.30. The van der Waals surface area contributed by atoms with E-state index in [1.165, 1.54) is 0 Å². The molecule has 4 aromatic heterocycles. The monoisotopic (exact) mass is 495 g/mol. The van der Waals surface area contributed by atoms with Crippen molar-refractivity contribution < 1.29 is 9.90 Å². The molecule has 1 aliphatic carbocycles. The molecule has 0 atom stereocenters. The van der Waals surface area contributed by atoms with Gasteiger partial charge in [0.2, 0.25) is 0 Å². The molecule has 5 rings (SSSR count). The second-order valence-electron chi connectivity index (χ2n) is 8.21. The van der Waals surface area contributed by atoms with Gasteiger partial charge in [0, 0.05) is 42.0 Å². The van der Waals surface area contributed by atoms with Crippen molar-refractivity contribution in [2.75, 3.05) is 5.73 Å². The van der Waals surface area contributed by atoms with Crippen molar-refractivity contribution in [1.29, 1.82) is 0 Å². The number of carboxylic acid groups (broad SMARTS) is 1. The van der Waals surface area contributed by atoms with Gasteiger partial charge in [-0.3, -0.25) is 14.5 Å². The van der Waals surface area contributed by atoms with Crippen molar-refractivity contribution in [2.45, 2.75) is 31.6 Å². The number of aromatic nitrogens is 6. The van der Waals surface area contributed by atoms with Crippen molar-refractivity contribution in [3.63, 3.8) is 0 Å². The van der Waals surface area contributed by atoms with Gasteiger partial charge in [0.25, 0.3) is 0 Å². The minimum absolute atomic E-state index is 0.154. The zero-order valence-electron chi connectivity index (χ0n) is 17.4. The smallest absolute Gasteiger partial charge is 0.306 e. The van der Waals surface area contributed by atoms with Crippen LogP contribution in [0.25, 0.3) is 28.0 Å². The number of halogens is 1. The van der Waals surface area contributed by atoms with E-state index in [2.05, 4.69) is 31.1 Å². The number of nitrogens with two attached hydrogens (primary N) is 1. The second-order valence-corrected chi connectivity index (χ2v) is 9.00. The van der Waals surface area contributed by atoms with E-state index >= 15 is 0 Å². The maximum Gasteiger partial charge on any atom is 0.306 e. The Morgan fingerprint density at radius 3 is 2.53 bits per heavy atom. The van der Waals surface area contributed by atoms with Crippen LogP contribution >= 0.6 is 15.9 Å². The fourth-order valence-corrected chi connectivity index (χ4v) is 4.96. The third-order valence-corrected chi connectivity index (χ3v) is 7.00. The number of nitrogens with zero attached hydrogens (tertiary/aromatic N) is 6. The summed E-state index contributed by atoms with van der Waals surface area (Å²) >= 11 is 3.60.